The van der Waals surface area contributed by atoms with Crippen molar-refractivity contribution in [1.29, 1.82) is 0 Å². The number of hydrogen-bond donors (Lipinski definition) is 2. The molecule has 1 aliphatic heterocycles. The summed E-state index contributed by atoms with van der Waals surface area (Å²) in [4.78, 5) is 32.8. The molecule has 0 saturated carbocycles. The Morgan fingerprint density at radius 3 is 2.67 bits per heavy atom. The maximum absolute atomic E-state index is 13.2. The van der Waals surface area contributed by atoms with Crippen LogP contribution in [0.15, 0.2) is 79.0 Å². The number of anilines is 2. The number of likely N-dealkylation sites (tertiary alicyclic amines) is 1. The van der Waals surface area contributed by atoms with Crippen LogP contribution in [0.5, 0.6) is 5.75 Å². The van der Waals surface area contributed by atoms with Crippen molar-refractivity contribution in [3.63, 3.8) is 0 Å². The molecule has 8 heteroatoms. The van der Waals surface area contributed by atoms with Crippen molar-refractivity contribution in [3.8, 4) is 5.75 Å². The van der Waals surface area contributed by atoms with E-state index in [0.717, 1.165) is 30.5 Å². The fourth-order valence-electron chi connectivity index (χ4n) is 4.76. The summed E-state index contributed by atoms with van der Waals surface area (Å²) in [5.74, 6) is -0.319. The Morgan fingerprint density at radius 1 is 0.974 bits per heavy atom. The van der Waals surface area contributed by atoms with E-state index in [9.17, 15) is 14.8 Å². The van der Waals surface area contributed by atoms with Crippen molar-refractivity contribution in [2.24, 2.45) is 0 Å². The van der Waals surface area contributed by atoms with Crippen LogP contribution in [0.1, 0.15) is 45.5 Å². The first-order valence-corrected chi connectivity index (χ1v) is 13.2. The second-order valence-electron chi connectivity index (χ2n) is 9.76. The molecule has 0 spiro atoms. The normalized spacial score (nSPS) is 13.7. The maximum Gasteiger partial charge on any atom is 0.282 e. The van der Waals surface area contributed by atoms with E-state index in [0.29, 0.717) is 39.8 Å². The van der Waals surface area contributed by atoms with Gasteiger partial charge in [0.2, 0.25) is 0 Å². The number of nitrogens with one attached hydrogen (secondary N) is 1. The Kier molecular flexibility index (Phi) is 8.15. The second kappa shape index (κ2) is 12.1. The first-order chi connectivity index (χ1) is 19.0. The topological polar surface area (TPSA) is 95.0 Å². The van der Waals surface area contributed by atoms with Gasteiger partial charge in [-0.25, -0.2) is 0 Å². The summed E-state index contributed by atoms with van der Waals surface area (Å²) in [6, 6.07) is 20.9. The van der Waals surface area contributed by atoms with Gasteiger partial charge in [-0.2, -0.15) is 5.06 Å². The Bertz CT molecular complexity index is 1480. The number of carbonyl (C=O) groups excluding carboxylic acids is 2. The predicted molar refractivity (Wildman–Crippen MR) is 152 cm³/mol. The quantitative estimate of drug-likeness (QED) is 0.227. The number of nitrogens with zero attached hydrogens (tertiary/aromatic N) is 3. The van der Waals surface area contributed by atoms with Crippen molar-refractivity contribution in [3.05, 3.63) is 95.7 Å². The SMILES string of the molecule is Cc1ccc(NC(=O)c2ccc3ncccc3c2)cc1N(O)C(=O)c1cccc(OCCN2CCCCC2)c1. The van der Waals surface area contributed by atoms with Crippen LogP contribution < -0.4 is 15.1 Å². The molecule has 0 atom stereocenters. The molecule has 39 heavy (non-hydrogen) atoms. The lowest BCUT2D eigenvalue weighted by molar-refractivity contribution is 0.0853. The van der Waals surface area contributed by atoms with Crippen molar-refractivity contribution in [2.45, 2.75) is 26.2 Å². The molecule has 1 fully saturated rings. The monoisotopic (exact) mass is 524 g/mol. The molecule has 1 saturated heterocycles. The predicted octanol–water partition coefficient (Wildman–Crippen LogP) is 5.70. The fraction of sp³-hybridized carbons (Fsp3) is 0.258. The number of pyridine rings is 1. The Morgan fingerprint density at radius 2 is 1.82 bits per heavy atom. The lowest BCUT2D eigenvalue weighted by atomic mass is 10.1. The Labute approximate surface area is 227 Å². The van der Waals surface area contributed by atoms with Crippen LogP contribution in [-0.2, 0) is 0 Å². The zero-order chi connectivity index (χ0) is 27.2. The van der Waals surface area contributed by atoms with E-state index in [-0.39, 0.29) is 11.6 Å². The van der Waals surface area contributed by atoms with Crippen molar-refractivity contribution in [1.82, 2.24) is 9.88 Å². The molecule has 1 aliphatic rings. The number of carbonyl (C=O) groups is 2. The van der Waals surface area contributed by atoms with Crippen molar-refractivity contribution >= 4 is 34.1 Å². The number of aromatic nitrogens is 1. The van der Waals surface area contributed by atoms with E-state index in [1.807, 2.05) is 12.1 Å². The molecule has 2 N–H and O–H groups in total. The highest BCUT2D eigenvalue weighted by molar-refractivity contribution is 6.08. The highest BCUT2D eigenvalue weighted by Crippen LogP contribution is 2.26. The number of hydroxylamine groups is 1. The molecule has 1 aromatic heterocycles. The van der Waals surface area contributed by atoms with Crippen LogP contribution in [0.4, 0.5) is 11.4 Å². The van der Waals surface area contributed by atoms with Gasteiger partial charge in [0.25, 0.3) is 11.8 Å². The molecule has 3 aromatic carbocycles. The van der Waals surface area contributed by atoms with Crippen LogP contribution >= 0.6 is 0 Å². The van der Waals surface area contributed by atoms with Gasteiger partial charge >= 0.3 is 0 Å². The van der Waals surface area contributed by atoms with Gasteiger partial charge in [0.1, 0.15) is 12.4 Å². The summed E-state index contributed by atoms with van der Waals surface area (Å²) in [6.07, 6.45) is 5.44. The minimum atomic E-state index is -0.593. The van der Waals surface area contributed by atoms with Crippen LogP contribution in [0.25, 0.3) is 10.9 Å². The maximum atomic E-state index is 13.2. The zero-order valence-electron chi connectivity index (χ0n) is 22.0. The summed E-state index contributed by atoms with van der Waals surface area (Å²) in [7, 11) is 0. The summed E-state index contributed by atoms with van der Waals surface area (Å²) in [6.45, 7) is 5.36. The van der Waals surface area contributed by atoms with Crippen LogP contribution in [0.3, 0.4) is 0 Å². The van der Waals surface area contributed by atoms with E-state index >= 15 is 0 Å². The second-order valence-corrected chi connectivity index (χ2v) is 9.76. The number of aryl methyl sites for hydroxylation is 1. The van der Waals surface area contributed by atoms with Gasteiger partial charge in [0.15, 0.2) is 0 Å². The molecule has 0 aliphatic carbocycles. The number of hydrogen-bond acceptors (Lipinski definition) is 6. The van der Waals surface area contributed by atoms with Crippen LogP contribution in [0, 0.1) is 6.92 Å². The molecule has 0 bridgehead atoms. The molecule has 5 rings (SSSR count). The largest absolute Gasteiger partial charge is 0.492 e. The number of rotatable bonds is 8. The van der Waals surface area contributed by atoms with E-state index in [1.54, 1.807) is 73.8 Å². The summed E-state index contributed by atoms with van der Waals surface area (Å²) in [5.41, 5.74) is 2.98. The Balaban J connectivity index is 1.25. The molecule has 0 radical (unpaired) electrons. The number of piperidine rings is 1. The number of benzene rings is 3. The van der Waals surface area contributed by atoms with Gasteiger partial charge in [-0.15, -0.1) is 0 Å². The molecule has 8 nitrogen and oxygen atoms in total. The number of amides is 2. The first kappa shape index (κ1) is 26.3. The zero-order valence-corrected chi connectivity index (χ0v) is 22.0. The van der Waals surface area contributed by atoms with Gasteiger partial charge in [0.05, 0.1) is 11.2 Å². The fourth-order valence-corrected chi connectivity index (χ4v) is 4.76. The highest BCUT2D eigenvalue weighted by atomic mass is 16.5. The van der Waals surface area contributed by atoms with E-state index < -0.39 is 5.91 Å². The highest BCUT2D eigenvalue weighted by Gasteiger charge is 2.19. The standard InChI is InChI=1S/C31H32N4O4/c1-22-10-12-26(33-30(36)24-11-13-28-23(19-24)8-6-14-32-28)21-29(22)35(38)31(37)25-7-5-9-27(20-25)39-18-17-34-15-3-2-4-16-34/h5-14,19-21,38H,2-4,15-18H2,1H3,(H,33,36). The van der Waals surface area contributed by atoms with Gasteiger partial charge in [0, 0.05) is 34.9 Å². The summed E-state index contributed by atoms with van der Waals surface area (Å²) >= 11 is 0. The number of fused-ring (bicyclic) bond motifs is 1. The minimum Gasteiger partial charge on any atom is -0.492 e. The average molecular weight is 525 g/mol. The van der Waals surface area contributed by atoms with Gasteiger partial charge in [-0.1, -0.05) is 24.6 Å². The molecule has 2 amide bonds. The lowest BCUT2D eigenvalue weighted by Crippen LogP contribution is -2.33. The third-order valence-electron chi connectivity index (χ3n) is 6.96. The average Bonchev–Trinajstić information content (AvgIpc) is 2.98. The Hall–Kier alpha value is -4.27. The molecule has 4 aromatic rings. The minimum absolute atomic E-state index is 0.275. The van der Waals surface area contributed by atoms with Gasteiger partial charge < -0.3 is 10.1 Å². The summed E-state index contributed by atoms with van der Waals surface area (Å²) in [5, 5.41) is 15.2. The molecule has 200 valence electrons. The lowest BCUT2D eigenvalue weighted by Gasteiger charge is -2.26. The third-order valence-corrected chi connectivity index (χ3v) is 6.96. The van der Waals surface area contributed by atoms with E-state index in [1.165, 1.54) is 19.3 Å². The van der Waals surface area contributed by atoms with Crippen molar-refractivity contribution in [2.75, 3.05) is 36.6 Å². The van der Waals surface area contributed by atoms with Crippen molar-refractivity contribution < 1.29 is 19.5 Å². The first-order valence-electron chi connectivity index (χ1n) is 13.2. The molecule has 2 heterocycles. The molecular formula is C31H32N4O4. The van der Waals surface area contributed by atoms with E-state index in [4.69, 9.17) is 4.74 Å². The smallest absolute Gasteiger partial charge is 0.282 e. The molecule has 0 unspecified atom stereocenters. The molecular weight excluding hydrogens is 492 g/mol. The van der Waals surface area contributed by atoms with Crippen LogP contribution in [0.2, 0.25) is 0 Å². The van der Waals surface area contributed by atoms with Gasteiger partial charge in [-0.05, 0) is 93.0 Å². The third kappa shape index (κ3) is 6.42. The summed E-state index contributed by atoms with van der Waals surface area (Å²) < 4.78 is 5.89. The van der Waals surface area contributed by atoms with Gasteiger partial charge in [-0.3, -0.25) is 24.7 Å². The van der Waals surface area contributed by atoms with Crippen LogP contribution in [-0.4, -0.2) is 53.1 Å². The number of ether oxygens (including phenoxy) is 1. The van der Waals surface area contributed by atoms with E-state index in [2.05, 4.69) is 15.2 Å².